The highest BCUT2D eigenvalue weighted by molar-refractivity contribution is 7.13. The number of hydrogen-bond acceptors (Lipinski definition) is 3. The summed E-state index contributed by atoms with van der Waals surface area (Å²) in [6, 6.07) is 7.81. The number of rotatable bonds is 2. The van der Waals surface area contributed by atoms with E-state index >= 15 is 0 Å². The molecule has 0 unspecified atom stereocenters. The van der Waals surface area contributed by atoms with E-state index in [4.69, 9.17) is 11.6 Å². The normalized spacial score (nSPS) is 10.5. The van der Waals surface area contributed by atoms with E-state index in [0.29, 0.717) is 0 Å². The summed E-state index contributed by atoms with van der Waals surface area (Å²) in [5.74, 6) is 0. The summed E-state index contributed by atoms with van der Waals surface area (Å²) >= 11 is 6.69. The Labute approximate surface area is 84.3 Å². The smallest absolute Gasteiger partial charge is 0.227 e. The molecule has 1 aromatic heterocycles. The topological polar surface area (TPSA) is 30.0 Å². The Morgan fingerprint density at radius 3 is 3.00 bits per heavy atom. The van der Waals surface area contributed by atoms with Crippen LogP contribution in [0.2, 0.25) is 0 Å². The van der Waals surface area contributed by atoms with E-state index in [-0.39, 0.29) is 11.7 Å². The maximum absolute atomic E-state index is 10.7. The third kappa shape index (κ3) is 1.71. The molecule has 0 saturated heterocycles. The van der Waals surface area contributed by atoms with Gasteiger partial charge in [-0.05, 0) is 29.2 Å². The van der Waals surface area contributed by atoms with Crippen molar-refractivity contribution in [1.82, 2.24) is 4.37 Å². The molecule has 1 aromatic carbocycles. The third-order valence-electron chi connectivity index (χ3n) is 1.76. The molecule has 0 radical (unpaired) electrons. The van der Waals surface area contributed by atoms with Gasteiger partial charge in [-0.3, -0.25) is 4.79 Å². The van der Waals surface area contributed by atoms with Crippen molar-refractivity contribution in [2.75, 3.05) is 0 Å². The number of carbonyl (C=O) groups excluding carboxylic acids is 1. The number of halogens is 1. The molecule has 0 atom stereocenters. The van der Waals surface area contributed by atoms with Crippen LogP contribution in [0.5, 0.6) is 0 Å². The van der Waals surface area contributed by atoms with Gasteiger partial charge in [-0.25, -0.2) is 0 Å². The Kier molecular flexibility index (Phi) is 2.29. The van der Waals surface area contributed by atoms with Gasteiger partial charge in [0.05, 0.1) is 16.8 Å². The van der Waals surface area contributed by atoms with E-state index in [1.165, 1.54) is 11.5 Å². The van der Waals surface area contributed by atoms with Gasteiger partial charge in [-0.15, -0.1) is 0 Å². The van der Waals surface area contributed by atoms with Crippen molar-refractivity contribution < 1.29 is 4.79 Å². The number of nitrogens with zero attached hydrogens (tertiary/aromatic N) is 1. The molecule has 0 bridgehead atoms. The molecule has 0 aliphatic carbocycles. The minimum atomic E-state index is -0.365. The zero-order valence-electron chi connectivity index (χ0n) is 6.66. The molecule has 0 N–H and O–H groups in total. The molecular weight excluding hydrogens is 206 g/mol. The van der Waals surface area contributed by atoms with Gasteiger partial charge in [-0.1, -0.05) is 18.2 Å². The maximum atomic E-state index is 10.7. The third-order valence-corrected chi connectivity index (χ3v) is 2.76. The lowest BCUT2D eigenvalue weighted by Gasteiger charge is -1.90. The van der Waals surface area contributed by atoms with Crippen LogP contribution in [0.3, 0.4) is 0 Å². The Bertz CT molecular complexity index is 452. The molecule has 0 aliphatic heterocycles. The molecule has 0 spiro atoms. The average Bonchev–Trinajstić information content (AvgIpc) is 2.48. The lowest BCUT2D eigenvalue weighted by atomic mass is 10.2. The highest BCUT2D eigenvalue weighted by atomic mass is 35.5. The molecule has 2 aromatic rings. The van der Waals surface area contributed by atoms with Crippen LogP contribution in [0, 0.1) is 0 Å². The first-order valence-electron chi connectivity index (χ1n) is 3.79. The summed E-state index contributed by atoms with van der Waals surface area (Å²) < 4.78 is 5.26. The molecule has 0 aliphatic rings. The average molecular weight is 212 g/mol. The second-order valence-electron chi connectivity index (χ2n) is 2.66. The molecule has 0 amide bonds. The van der Waals surface area contributed by atoms with Crippen LogP contribution in [-0.4, -0.2) is 9.62 Å². The summed E-state index contributed by atoms with van der Waals surface area (Å²) in [5.41, 5.74) is 0.778. The van der Waals surface area contributed by atoms with Crippen molar-refractivity contribution >= 4 is 38.5 Å². The van der Waals surface area contributed by atoms with Crippen molar-refractivity contribution in [2.24, 2.45) is 0 Å². The first kappa shape index (κ1) is 8.66. The second-order valence-corrected chi connectivity index (χ2v) is 3.88. The van der Waals surface area contributed by atoms with Crippen molar-refractivity contribution in [3.8, 4) is 0 Å². The lowest BCUT2D eigenvalue weighted by molar-refractivity contribution is -0.111. The summed E-state index contributed by atoms with van der Waals surface area (Å²) in [4.78, 5) is 10.7. The van der Waals surface area contributed by atoms with Crippen LogP contribution in [0.15, 0.2) is 24.3 Å². The number of aromatic nitrogens is 1. The van der Waals surface area contributed by atoms with Crippen molar-refractivity contribution in [2.45, 2.75) is 6.42 Å². The van der Waals surface area contributed by atoms with Gasteiger partial charge in [-0.2, -0.15) is 4.37 Å². The highest BCUT2D eigenvalue weighted by Crippen LogP contribution is 2.22. The van der Waals surface area contributed by atoms with Gasteiger partial charge in [0.1, 0.15) is 0 Å². The van der Waals surface area contributed by atoms with E-state index in [9.17, 15) is 4.79 Å². The van der Waals surface area contributed by atoms with Gasteiger partial charge < -0.3 is 0 Å². The first-order valence-corrected chi connectivity index (χ1v) is 4.94. The molecule has 0 fully saturated rings. The second kappa shape index (κ2) is 3.44. The minimum absolute atomic E-state index is 0.214. The number of carbonyl (C=O) groups is 1. The van der Waals surface area contributed by atoms with Crippen LogP contribution in [0.4, 0.5) is 0 Å². The van der Waals surface area contributed by atoms with E-state index in [2.05, 4.69) is 4.37 Å². The zero-order chi connectivity index (χ0) is 9.26. The summed E-state index contributed by atoms with van der Waals surface area (Å²) in [7, 11) is 0. The van der Waals surface area contributed by atoms with Crippen LogP contribution in [-0.2, 0) is 11.2 Å². The summed E-state index contributed by atoms with van der Waals surface area (Å²) in [5, 5.41) is 0.664. The standard InChI is InChI=1S/C9H6ClNOS/c10-9(12)5-7-6-3-1-2-4-8(6)13-11-7/h1-4H,5H2. The quantitative estimate of drug-likeness (QED) is 0.715. The predicted molar refractivity (Wildman–Crippen MR) is 54.2 cm³/mol. The zero-order valence-corrected chi connectivity index (χ0v) is 8.23. The predicted octanol–water partition coefficient (Wildman–Crippen LogP) is 2.60. The van der Waals surface area contributed by atoms with Crippen LogP contribution in [0.25, 0.3) is 10.1 Å². The molecule has 2 rings (SSSR count). The fourth-order valence-corrected chi connectivity index (χ4v) is 2.12. The van der Waals surface area contributed by atoms with E-state index in [0.717, 1.165) is 15.8 Å². The first-order chi connectivity index (χ1) is 6.27. The Morgan fingerprint density at radius 1 is 1.46 bits per heavy atom. The van der Waals surface area contributed by atoms with E-state index < -0.39 is 0 Å². The van der Waals surface area contributed by atoms with Crippen molar-refractivity contribution in [3.05, 3.63) is 30.0 Å². The Morgan fingerprint density at radius 2 is 2.23 bits per heavy atom. The van der Waals surface area contributed by atoms with Crippen LogP contribution < -0.4 is 0 Å². The fourth-order valence-electron chi connectivity index (χ4n) is 1.20. The fraction of sp³-hybridized carbons (Fsp3) is 0.111. The largest absolute Gasteiger partial charge is 0.281 e. The monoisotopic (exact) mass is 211 g/mol. The molecule has 4 heteroatoms. The summed E-state index contributed by atoms with van der Waals surface area (Å²) in [6.45, 7) is 0. The molecule has 66 valence electrons. The van der Waals surface area contributed by atoms with E-state index in [1.54, 1.807) is 0 Å². The molecular formula is C9H6ClNOS. The number of fused-ring (bicyclic) bond motifs is 1. The SMILES string of the molecule is O=C(Cl)Cc1nsc2ccccc12. The van der Waals surface area contributed by atoms with Gasteiger partial charge in [0, 0.05) is 5.39 Å². The molecule has 0 saturated carbocycles. The van der Waals surface area contributed by atoms with Gasteiger partial charge >= 0.3 is 0 Å². The van der Waals surface area contributed by atoms with Gasteiger partial charge in [0.15, 0.2) is 0 Å². The minimum Gasteiger partial charge on any atom is -0.281 e. The van der Waals surface area contributed by atoms with E-state index in [1.807, 2.05) is 24.3 Å². The Hall–Kier alpha value is -0.930. The van der Waals surface area contributed by atoms with Gasteiger partial charge in [0.25, 0.3) is 0 Å². The highest BCUT2D eigenvalue weighted by Gasteiger charge is 2.07. The van der Waals surface area contributed by atoms with Gasteiger partial charge in [0.2, 0.25) is 5.24 Å². The number of hydrogen-bond donors (Lipinski definition) is 0. The molecule has 13 heavy (non-hydrogen) atoms. The van der Waals surface area contributed by atoms with Crippen molar-refractivity contribution in [1.29, 1.82) is 0 Å². The molecule has 2 nitrogen and oxygen atoms in total. The number of benzene rings is 1. The lowest BCUT2D eigenvalue weighted by Crippen LogP contribution is -1.93. The maximum Gasteiger partial charge on any atom is 0.227 e. The Balaban J connectivity index is 2.51. The van der Waals surface area contributed by atoms with Crippen molar-refractivity contribution in [3.63, 3.8) is 0 Å². The molecule has 1 heterocycles. The van der Waals surface area contributed by atoms with Crippen LogP contribution in [0.1, 0.15) is 5.69 Å². The summed E-state index contributed by atoms with van der Waals surface area (Å²) in [6.07, 6.45) is 0.214. The van der Waals surface area contributed by atoms with Crippen LogP contribution >= 0.6 is 23.1 Å².